The van der Waals surface area contributed by atoms with Crippen LogP contribution in [0.3, 0.4) is 0 Å². The molecule has 1 aromatic rings. The van der Waals surface area contributed by atoms with Crippen molar-refractivity contribution in [2.45, 2.75) is 6.18 Å². The van der Waals surface area contributed by atoms with E-state index in [9.17, 15) is 23.1 Å². The second-order valence-electron chi connectivity index (χ2n) is 3.43. The molecule has 1 rings (SSSR count). The quantitative estimate of drug-likeness (QED) is 0.807. The van der Waals surface area contributed by atoms with E-state index in [-0.39, 0.29) is 5.56 Å². The molecule has 0 bridgehead atoms. The Morgan fingerprint density at radius 1 is 1.31 bits per heavy atom. The van der Waals surface area contributed by atoms with E-state index >= 15 is 0 Å². The lowest BCUT2D eigenvalue weighted by Crippen LogP contribution is -2.22. The highest BCUT2D eigenvalue weighted by Crippen LogP contribution is 2.32. The minimum absolute atomic E-state index is 0.155. The Hall–Kier alpha value is -1.72. The molecular formula is C10H10F3NO2. The average molecular weight is 233 g/mol. The largest absolute Gasteiger partial charge is 0.507 e. The summed E-state index contributed by atoms with van der Waals surface area (Å²) in [5.74, 6) is -1.22. The van der Waals surface area contributed by atoms with Gasteiger partial charge in [-0.05, 0) is 18.2 Å². The zero-order valence-corrected chi connectivity index (χ0v) is 8.67. The van der Waals surface area contributed by atoms with Crippen LogP contribution in [0.1, 0.15) is 15.9 Å². The number of carbonyl (C=O) groups excluding carboxylic acids is 1. The molecule has 0 unspecified atom stereocenters. The molecular weight excluding hydrogens is 223 g/mol. The van der Waals surface area contributed by atoms with Crippen molar-refractivity contribution in [2.24, 2.45) is 0 Å². The molecule has 1 N–H and O–H groups in total. The van der Waals surface area contributed by atoms with Crippen molar-refractivity contribution < 1.29 is 23.1 Å². The van der Waals surface area contributed by atoms with Crippen molar-refractivity contribution in [1.29, 1.82) is 0 Å². The first-order chi connectivity index (χ1) is 7.23. The first-order valence-corrected chi connectivity index (χ1v) is 4.35. The zero-order chi connectivity index (χ0) is 12.5. The molecule has 16 heavy (non-hydrogen) atoms. The third-order valence-corrected chi connectivity index (χ3v) is 1.96. The van der Waals surface area contributed by atoms with E-state index in [2.05, 4.69) is 0 Å². The normalized spacial score (nSPS) is 11.3. The fourth-order valence-corrected chi connectivity index (χ4v) is 1.13. The van der Waals surface area contributed by atoms with Gasteiger partial charge in [0, 0.05) is 14.1 Å². The molecule has 0 saturated heterocycles. The summed E-state index contributed by atoms with van der Waals surface area (Å²) in [4.78, 5) is 12.6. The van der Waals surface area contributed by atoms with Gasteiger partial charge < -0.3 is 10.0 Å². The van der Waals surface area contributed by atoms with Crippen molar-refractivity contribution in [3.05, 3.63) is 29.3 Å². The Labute approximate surface area is 90.1 Å². The van der Waals surface area contributed by atoms with Crippen molar-refractivity contribution >= 4 is 5.91 Å². The van der Waals surface area contributed by atoms with Crippen molar-refractivity contribution in [3.63, 3.8) is 0 Å². The number of phenols is 1. The third-order valence-electron chi connectivity index (χ3n) is 1.96. The zero-order valence-electron chi connectivity index (χ0n) is 8.67. The monoisotopic (exact) mass is 233 g/mol. The second kappa shape index (κ2) is 4.03. The summed E-state index contributed by atoms with van der Waals surface area (Å²) in [7, 11) is 2.89. The van der Waals surface area contributed by atoms with Crippen LogP contribution in [0, 0.1) is 0 Å². The van der Waals surface area contributed by atoms with Crippen molar-refractivity contribution in [3.8, 4) is 5.75 Å². The number of benzene rings is 1. The molecule has 3 nitrogen and oxygen atoms in total. The lowest BCUT2D eigenvalue weighted by molar-refractivity contribution is -0.137. The third kappa shape index (κ3) is 2.44. The lowest BCUT2D eigenvalue weighted by Gasteiger charge is -2.13. The Kier molecular flexibility index (Phi) is 3.11. The van der Waals surface area contributed by atoms with Crippen molar-refractivity contribution in [1.82, 2.24) is 4.90 Å². The van der Waals surface area contributed by atoms with E-state index in [0.717, 1.165) is 12.1 Å². The van der Waals surface area contributed by atoms with Crippen LogP contribution in [0.5, 0.6) is 5.75 Å². The summed E-state index contributed by atoms with van der Waals surface area (Å²) in [6.45, 7) is 0. The molecule has 88 valence electrons. The summed E-state index contributed by atoms with van der Waals surface area (Å²) in [6.07, 6.45) is -4.53. The maximum atomic E-state index is 12.3. The summed E-state index contributed by atoms with van der Waals surface area (Å²) in [5.41, 5.74) is -1.14. The number of halogens is 3. The standard InChI is InChI=1S/C10H10F3NO2/c1-14(2)9(16)7-4-3-6(5-8(7)15)10(11,12)13/h3-5,15H,1-2H3. The van der Waals surface area contributed by atoms with Crippen LogP contribution in [0.15, 0.2) is 18.2 Å². The molecule has 0 aromatic heterocycles. The topological polar surface area (TPSA) is 40.5 Å². The Balaban J connectivity index is 3.15. The van der Waals surface area contributed by atoms with Gasteiger partial charge in [-0.2, -0.15) is 13.2 Å². The van der Waals surface area contributed by atoms with Crippen LogP contribution in [-0.2, 0) is 6.18 Å². The number of aromatic hydroxyl groups is 1. The predicted octanol–water partition coefficient (Wildman–Crippen LogP) is 2.11. The van der Waals surface area contributed by atoms with Crippen molar-refractivity contribution in [2.75, 3.05) is 14.1 Å². The van der Waals surface area contributed by atoms with Crippen LogP contribution in [0.25, 0.3) is 0 Å². The summed E-state index contributed by atoms with van der Waals surface area (Å²) < 4.78 is 36.8. The van der Waals surface area contributed by atoms with Gasteiger partial charge in [0.2, 0.25) is 0 Å². The van der Waals surface area contributed by atoms with Crippen LogP contribution in [-0.4, -0.2) is 30.0 Å². The number of hydrogen-bond acceptors (Lipinski definition) is 2. The number of hydrogen-bond donors (Lipinski definition) is 1. The molecule has 1 amide bonds. The van der Waals surface area contributed by atoms with Crippen LogP contribution < -0.4 is 0 Å². The highest BCUT2D eigenvalue weighted by atomic mass is 19.4. The number of phenolic OH excluding ortho intramolecular Hbond substituents is 1. The molecule has 0 aliphatic heterocycles. The fraction of sp³-hybridized carbons (Fsp3) is 0.300. The maximum Gasteiger partial charge on any atom is 0.416 e. The van der Waals surface area contributed by atoms with Gasteiger partial charge in [-0.3, -0.25) is 4.79 Å². The van der Waals surface area contributed by atoms with Gasteiger partial charge in [0.1, 0.15) is 5.75 Å². The van der Waals surface area contributed by atoms with Crippen LogP contribution >= 0.6 is 0 Å². The Morgan fingerprint density at radius 3 is 2.25 bits per heavy atom. The van der Waals surface area contributed by atoms with Gasteiger partial charge in [0.15, 0.2) is 0 Å². The minimum atomic E-state index is -4.53. The van der Waals surface area contributed by atoms with Gasteiger partial charge in [-0.25, -0.2) is 0 Å². The van der Waals surface area contributed by atoms with E-state index in [1.807, 2.05) is 0 Å². The number of rotatable bonds is 1. The molecule has 0 aliphatic rings. The second-order valence-corrected chi connectivity index (χ2v) is 3.43. The average Bonchev–Trinajstić information content (AvgIpc) is 2.15. The first kappa shape index (κ1) is 12.4. The molecule has 0 radical (unpaired) electrons. The SMILES string of the molecule is CN(C)C(=O)c1ccc(C(F)(F)F)cc1O. The highest BCUT2D eigenvalue weighted by Gasteiger charge is 2.31. The number of amides is 1. The molecule has 0 fully saturated rings. The van der Waals surface area contributed by atoms with E-state index in [1.54, 1.807) is 0 Å². The fourth-order valence-electron chi connectivity index (χ4n) is 1.13. The molecule has 0 atom stereocenters. The van der Waals surface area contributed by atoms with Gasteiger partial charge in [0.05, 0.1) is 11.1 Å². The maximum absolute atomic E-state index is 12.3. The molecule has 6 heteroatoms. The summed E-state index contributed by atoms with van der Waals surface area (Å²) >= 11 is 0. The molecule has 0 heterocycles. The lowest BCUT2D eigenvalue weighted by atomic mass is 10.1. The van der Waals surface area contributed by atoms with Crippen LogP contribution in [0.2, 0.25) is 0 Å². The summed E-state index contributed by atoms with van der Waals surface area (Å²) in [5, 5.41) is 9.33. The predicted molar refractivity (Wildman–Crippen MR) is 51.1 cm³/mol. The smallest absolute Gasteiger partial charge is 0.416 e. The van der Waals surface area contributed by atoms with E-state index in [0.29, 0.717) is 6.07 Å². The van der Waals surface area contributed by atoms with E-state index in [4.69, 9.17) is 0 Å². The minimum Gasteiger partial charge on any atom is -0.507 e. The van der Waals surface area contributed by atoms with Crippen LogP contribution in [0.4, 0.5) is 13.2 Å². The molecule has 0 saturated carbocycles. The molecule has 0 aliphatic carbocycles. The van der Waals surface area contributed by atoms with Gasteiger partial charge in [-0.1, -0.05) is 0 Å². The van der Waals surface area contributed by atoms with E-state index < -0.39 is 23.4 Å². The van der Waals surface area contributed by atoms with Gasteiger partial charge >= 0.3 is 6.18 Å². The van der Waals surface area contributed by atoms with E-state index in [1.165, 1.54) is 19.0 Å². The summed E-state index contributed by atoms with van der Waals surface area (Å²) in [6, 6.07) is 2.26. The number of nitrogens with zero attached hydrogens (tertiary/aromatic N) is 1. The Bertz CT molecular complexity index is 413. The first-order valence-electron chi connectivity index (χ1n) is 4.35. The molecule has 1 aromatic carbocycles. The van der Waals surface area contributed by atoms with Gasteiger partial charge in [0.25, 0.3) is 5.91 Å². The Morgan fingerprint density at radius 2 is 1.88 bits per heavy atom. The van der Waals surface area contributed by atoms with Gasteiger partial charge in [-0.15, -0.1) is 0 Å². The highest BCUT2D eigenvalue weighted by molar-refractivity contribution is 5.96. The number of alkyl halides is 3. The number of carbonyl (C=O) groups is 1. The molecule has 0 spiro atoms.